The van der Waals surface area contributed by atoms with E-state index in [4.69, 9.17) is 9.84 Å². The maximum atomic E-state index is 10.6. The Morgan fingerprint density at radius 2 is 2.25 bits per heavy atom. The van der Waals surface area contributed by atoms with Crippen molar-refractivity contribution >= 4 is 11.9 Å². The summed E-state index contributed by atoms with van der Waals surface area (Å²) in [5.41, 5.74) is 0.103. The van der Waals surface area contributed by atoms with E-state index in [0.29, 0.717) is 5.95 Å². The summed E-state index contributed by atoms with van der Waals surface area (Å²) in [5.74, 6) is -0.452. The van der Waals surface area contributed by atoms with Gasteiger partial charge in [0.25, 0.3) is 0 Å². The smallest absolute Gasteiger partial charge is 0.338 e. The van der Waals surface area contributed by atoms with E-state index < -0.39 is 5.97 Å². The molecule has 1 saturated heterocycles. The molecular formula is C10H13N3O3. The molecule has 16 heavy (non-hydrogen) atoms. The van der Waals surface area contributed by atoms with E-state index in [2.05, 4.69) is 9.97 Å². The van der Waals surface area contributed by atoms with Crippen LogP contribution in [0.1, 0.15) is 16.8 Å². The van der Waals surface area contributed by atoms with Crippen molar-refractivity contribution in [1.29, 1.82) is 0 Å². The number of aromatic nitrogens is 2. The Labute approximate surface area is 92.9 Å². The molecule has 1 atom stereocenters. The van der Waals surface area contributed by atoms with Crippen LogP contribution in [0, 0.1) is 0 Å². The fourth-order valence-corrected chi connectivity index (χ4v) is 1.70. The summed E-state index contributed by atoms with van der Waals surface area (Å²) in [6.07, 6.45) is 3.80. The molecule has 0 spiro atoms. The van der Waals surface area contributed by atoms with Crippen LogP contribution in [0.2, 0.25) is 0 Å². The fraction of sp³-hybridized carbons (Fsp3) is 0.500. The number of methoxy groups -OCH3 is 1. The van der Waals surface area contributed by atoms with Crippen LogP contribution in [-0.2, 0) is 4.74 Å². The highest BCUT2D eigenvalue weighted by Crippen LogP contribution is 2.17. The van der Waals surface area contributed by atoms with Crippen molar-refractivity contribution in [3.8, 4) is 0 Å². The molecule has 2 heterocycles. The zero-order chi connectivity index (χ0) is 11.5. The van der Waals surface area contributed by atoms with Gasteiger partial charge in [0.15, 0.2) is 0 Å². The van der Waals surface area contributed by atoms with Gasteiger partial charge in [-0.05, 0) is 6.42 Å². The average Bonchev–Trinajstić information content (AvgIpc) is 2.77. The lowest BCUT2D eigenvalue weighted by atomic mass is 10.3. The van der Waals surface area contributed by atoms with Gasteiger partial charge in [-0.2, -0.15) is 0 Å². The van der Waals surface area contributed by atoms with Gasteiger partial charge in [0, 0.05) is 32.6 Å². The number of ether oxygens (including phenoxy) is 1. The van der Waals surface area contributed by atoms with E-state index in [1.807, 2.05) is 4.90 Å². The largest absolute Gasteiger partial charge is 0.478 e. The molecule has 6 nitrogen and oxygen atoms in total. The Kier molecular flexibility index (Phi) is 3.00. The van der Waals surface area contributed by atoms with Crippen molar-refractivity contribution in [2.75, 3.05) is 25.1 Å². The van der Waals surface area contributed by atoms with Crippen molar-refractivity contribution in [2.24, 2.45) is 0 Å². The molecule has 0 amide bonds. The third-order valence-corrected chi connectivity index (χ3v) is 2.65. The first kappa shape index (κ1) is 10.8. The van der Waals surface area contributed by atoms with Gasteiger partial charge in [0.05, 0.1) is 11.7 Å². The van der Waals surface area contributed by atoms with E-state index >= 15 is 0 Å². The highest BCUT2D eigenvalue weighted by atomic mass is 16.5. The Bertz CT molecular complexity index is 379. The summed E-state index contributed by atoms with van der Waals surface area (Å²) in [6, 6.07) is 0. The maximum absolute atomic E-state index is 10.6. The zero-order valence-corrected chi connectivity index (χ0v) is 8.96. The van der Waals surface area contributed by atoms with E-state index in [0.717, 1.165) is 19.5 Å². The van der Waals surface area contributed by atoms with Crippen LogP contribution in [0.5, 0.6) is 0 Å². The Hall–Kier alpha value is -1.69. The van der Waals surface area contributed by atoms with Gasteiger partial charge < -0.3 is 14.7 Å². The molecule has 0 aromatic carbocycles. The lowest BCUT2D eigenvalue weighted by Gasteiger charge is -2.15. The number of nitrogens with zero attached hydrogens (tertiary/aromatic N) is 3. The van der Waals surface area contributed by atoms with Crippen LogP contribution < -0.4 is 4.90 Å². The second-order valence-corrected chi connectivity index (χ2v) is 3.67. The van der Waals surface area contributed by atoms with Crippen LogP contribution in [0.4, 0.5) is 5.95 Å². The Morgan fingerprint density at radius 1 is 1.56 bits per heavy atom. The molecular weight excluding hydrogens is 210 g/mol. The molecule has 1 fully saturated rings. The normalized spacial score (nSPS) is 20.1. The van der Waals surface area contributed by atoms with Gasteiger partial charge in [-0.25, -0.2) is 14.8 Å². The van der Waals surface area contributed by atoms with Gasteiger partial charge in [0.2, 0.25) is 5.95 Å². The highest BCUT2D eigenvalue weighted by molar-refractivity contribution is 5.86. The van der Waals surface area contributed by atoms with Gasteiger partial charge in [0.1, 0.15) is 0 Å². The monoisotopic (exact) mass is 223 g/mol. The lowest BCUT2D eigenvalue weighted by molar-refractivity contribution is 0.0696. The van der Waals surface area contributed by atoms with Crippen molar-refractivity contribution in [3.05, 3.63) is 18.0 Å². The first-order chi connectivity index (χ1) is 7.70. The molecule has 1 N–H and O–H groups in total. The standard InChI is InChI=1S/C10H13N3O3/c1-16-8-2-3-13(6-8)10-11-4-7(5-12-10)9(14)15/h4-5,8H,2-3,6H2,1H3,(H,14,15)/t8-/m1/s1. The predicted molar refractivity (Wildman–Crippen MR) is 56.6 cm³/mol. The van der Waals surface area contributed by atoms with Crippen molar-refractivity contribution in [1.82, 2.24) is 9.97 Å². The first-order valence-electron chi connectivity index (χ1n) is 5.04. The molecule has 2 rings (SSSR count). The van der Waals surface area contributed by atoms with Gasteiger partial charge >= 0.3 is 5.97 Å². The van der Waals surface area contributed by atoms with Crippen LogP contribution in [0.25, 0.3) is 0 Å². The van der Waals surface area contributed by atoms with E-state index in [1.165, 1.54) is 12.4 Å². The Balaban J connectivity index is 2.08. The molecule has 0 saturated carbocycles. The fourth-order valence-electron chi connectivity index (χ4n) is 1.70. The average molecular weight is 223 g/mol. The van der Waals surface area contributed by atoms with Crippen LogP contribution in [0.3, 0.4) is 0 Å². The van der Waals surface area contributed by atoms with Crippen LogP contribution >= 0.6 is 0 Å². The molecule has 0 aliphatic carbocycles. The van der Waals surface area contributed by atoms with Crippen molar-refractivity contribution in [2.45, 2.75) is 12.5 Å². The van der Waals surface area contributed by atoms with E-state index in [1.54, 1.807) is 7.11 Å². The molecule has 1 aliphatic rings. The topological polar surface area (TPSA) is 75.5 Å². The SMILES string of the molecule is CO[C@@H]1CCN(c2ncc(C(=O)O)cn2)C1. The second kappa shape index (κ2) is 4.44. The molecule has 1 aromatic rings. The molecule has 0 radical (unpaired) electrons. The summed E-state index contributed by atoms with van der Waals surface area (Å²) < 4.78 is 5.23. The van der Waals surface area contributed by atoms with Gasteiger partial charge in [-0.15, -0.1) is 0 Å². The number of anilines is 1. The third kappa shape index (κ3) is 2.11. The minimum atomic E-state index is -1.01. The number of aromatic carboxylic acids is 1. The summed E-state index contributed by atoms with van der Waals surface area (Å²) >= 11 is 0. The number of rotatable bonds is 3. The van der Waals surface area contributed by atoms with Crippen molar-refractivity contribution in [3.63, 3.8) is 0 Å². The minimum Gasteiger partial charge on any atom is -0.478 e. The Morgan fingerprint density at radius 3 is 2.75 bits per heavy atom. The molecule has 6 heteroatoms. The molecule has 1 aliphatic heterocycles. The van der Waals surface area contributed by atoms with Crippen LogP contribution in [-0.4, -0.2) is 47.3 Å². The highest BCUT2D eigenvalue weighted by Gasteiger charge is 2.23. The second-order valence-electron chi connectivity index (χ2n) is 3.67. The third-order valence-electron chi connectivity index (χ3n) is 2.65. The quantitative estimate of drug-likeness (QED) is 0.799. The van der Waals surface area contributed by atoms with Crippen LogP contribution in [0.15, 0.2) is 12.4 Å². The molecule has 86 valence electrons. The summed E-state index contributed by atoms with van der Waals surface area (Å²) in [7, 11) is 1.68. The minimum absolute atomic E-state index is 0.103. The summed E-state index contributed by atoms with van der Waals surface area (Å²) in [5, 5.41) is 8.71. The number of carboxylic acid groups (broad SMARTS) is 1. The molecule has 1 aromatic heterocycles. The predicted octanol–water partition coefficient (Wildman–Crippen LogP) is 0.400. The van der Waals surface area contributed by atoms with Gasteiger partial charge in [-0.3, -0.25) is 0 Å². The first-order valence-corrected chi connectivity index (χ1v) is 5.04. The molecule has 0 unspecified atom stereocenters. The maximum Gasteiger partial charge on any atom is 0.338 e. The molecule has 0 bridgehead atoms. The number of hydrogen-bond acceptors (Lipinski definition) is 5. The van der Waals surface area contributed by atoms with E-state index in [9.17, 15) is 4.79 Å². The zero-order valence-electron chi connectivity index (χ0n) is 8.96. The number of carboxylic acids is 1. The summed E-state index contributed by atoms with van der Waals surface area (Å²) in [4.78, 5) is 20.7. The van der Waals surface area contributed by atoms with Gasteiger partial charge in [-0.1, -0.05) is 0 Å². The lowest BCUT2D eigenvalue weighted by Crippen LogP contribution is -2.24. The number of carbonyl (C=O) groups is 1. The van der Waals surface area contributed by atoms with Crippen molar-refractivity contribution < 1.29 is 14.6 Å². The van der Waals surface area contributed by atoms with E-state index in [-0.39, 0.29) is 11.7 Å². The summed E-state index contributed by atoms with van der Waals surface area (Å²) in [6.45, 7) is 1.59. The number of hydrogen-bond donors (Lipinski definition) is 1.